The molecule has 0 amide bonds. The summed E-state index contributed by atoms with van der Waals surface area (Å²) in [4.78, 5) is 14.4. The summed E-state index contributed by atoms with van der Waals surface area (Å²) in [5.41, 5.74) is 0.780. The van der Waals surface area contributed by atoms with Crippen LogP contribution in [0.5, 0.6) is 0 Å². The predicted molar refractivity (Wildman–Crippen MR) is 87.7 cm³/mol. The van der Waals surface area contributed by atoms with Gasteiger partial charge in [0, 0.05) is 38.1 Å². The monoisotopic (exact) mass is 338 g/mol. The zero-order valence-electron chi connectivity index (χ0n) is 14.0. The molecule has 0 aliphatic rings. The quantitative estimate of drug-likeness (QED) is 0.848. The minimum absolute atomic E-state index is 0.00770. The second-order valence-electron chi connectivity index (χ2n) is 5.76. The first-order chi connectivity index (χ1) is 10.7. The van der Waals surface area contributed by atoms with Crippen LogP contribution in [0.3, 0.4) is 0 Å². The third kappa shape index (κ3) is 4.26. The van der Waals surface area contributed by atoms with Crippen molar-refractivity contribution in [1.82, 2.24) is 24.2 Å². The largest absolute Gasteiger partial charge is 0.363 e. The molecule has 0 aliphatic carbocycles. The third-order valence-electron chi connectivity index (χ3n) is 3.21. The average molecular weight is 338 g/mol. The molecule has 2 rings (SSSR count). The van der Waals surface area contributed by atoms with Gasteiger partial charge in [0.1, 0.15) is 11.6 Å². The Morgan fingerprint density at radius 3 is 2.57 bits per heavy atom. The second-order valence-corrected chi connectivity index (χ2v) is 7.47. The molecule has 2 heterocycles. The van der Waals surface area contributed by atoms with Crippen LogP contribution in [-0.2, 0) is 16.6 Å². The van der Waals surface area contributed by atoms with Crippen molar-refractivity contribution in [2.45, 2.75) is 38.4 Å². The summed E-state index contributed by atoms with van der Waals surface area (Å²) in [6.07, 6.45) is 3.02. The Hall–Kier alpha value is -2.00. The van der Waals surface area contributed by atoms with E-state index in [0.29, 0.717) is 5.82 Å². The normalized spacial score (nSPS) is 11.9. The Morgan fingerprint density at radius 1 is 1.30 bits per heavy atom. The molecule has 8 nitrogen and oxygen atoms in total. The maximum absolute atomic E-state index is 12.3. The zero-order valence-corrected chi connectivity index (χ0v) is 14.8. The molecule has 2 aromatic heterocycles. The Bertz CT molecular complexity index is 782. The van der Waals surface area contributed by atoms with Crippen LogP contribution in [-0.4, -0.2) is 42.0 Å². The molecule has 23 heavy (non-hydrogen) atoms. The molecular formula is C14H22N6O2S. The number of hydrogen-bond donors (Lipinski definition) is 1. The van der Waals surface area contributed by atoms with Crippen LogP contribution in [0, 0.1) is 6.92 Å². The van der Waals surface area contributed by atoms with E-state index < -0.39 is 10.0 Å². The van der Waals surface area contributed by atoms with Gasteiger partial charge in [0.2, 0.25) is 0 Å². The first kappa shape index (κ1) is 17.4. The molecule has 1 N–H and O–H groups in total. The lowest BCUT2D eigenvalue weighted by atomic mass is 10.4. The smallest absolute Gasteiger partial charge is 0.259 e. The van der Waals surface area contributed by atoms with Crippen LogP contribution in [0.25, 0.3) is 0 Å². The standard InChI is InChI=1S/C14H22N6O2S/c1-10(2)20-8-14(15-9-20)23(21,22)16-7-12-17-11(3)6-13(18-12)19(4)5/h6,8-10,16H,7H2,1-5H3. The van der Waals surface area contributed by atoms with E-state index in [-0.39, 0.29) is 17.6 Å². The molecule has 0 spiro atoms. The molecule has 0 fully saturated rings. The van der Waals surface area contributed by atoms with Crippen molar-refractivity contribution < 1.29 is 8.42 Å². The summed E-state index contributed by atoms with van der Waals surface area (Å²) < 4.78 is 28.8. The van der Waals surface area contributed by atoms with Gasteiger partial charge in [0.25, 0.3) is 10.0 Å². The number of anilines is 1. The number of sulfonamides is 1. The Morgan fingerprint density at radius 2 is 2.00 bits per heavy atom. The minimum atomic E-state index is -3.69. The van der Waals surface area contributed by atoms with Crippen molar-refractivity contribution in [3.8, 4) is 0 Å². The fourth-order valence-electron chi connectivity index (χ4n) is 1.89. The van der Waals surface area contributed by atoms with E-state index in [1.54, 1.807) is 4.57 Å². The summed E-state index contributed by atoms with van der Waals surface area (Å²) in [6.45, 7) is 5.76. The van der Waals surface area contributed by atoms with Gasteiger partial charge in [-0.3, -0.25) is 0 Å². The van der Waals surface area contributed by atoms with E-state index in [1.807, 2.05) is 45.8 Å². The zero-order chi connectivity index (χ0) is 17.2. The van der Waals surface area contributed by atoms with Crippen LogP contribution >= 0.6 is 0 Å². The lowest BCUT2D eigenvalue weighted by Crippen LogP contribution is -2.25. The second kappa shape index (κ2) is 6.63. The average Bonchev–Trinajstić information content (AvgIpc) is 2.95. The van der Waals surface area contributed by atoms with Gasteiger partial charge in [-0.15, -0.1) is 0 Å². The van der Waals surface area contributed by atoms with Crippen LogP contribution < -0.4 is 9.62 Å². The highest BCUT2D eigenvalue weighted by Gasteiger charge is 2.18. The first-order valence-corrected chi connectivity index (χ1v) is 8.72. The van der Waals surface area contributed by atoms with E-state index in [9.17, 15) is 8.42 Å². The fourth-order valence-corrected chi connectivity index (χ4v) is 2.81. The highest BCUT2D eigenvalue weighted by molar-refractivity contribution is 7.89. The number of aryl methyl sites for hydroxylation is 1. The van der Waals surface area contributed by atoms with Gasteiger partial charge >= 0.3 is 0 Å². The molecule has 0 aromatic carbocycles. The number of hydrogen-bond acceptors (Lipinski definition) is 6. The maximum Gasteiger partial charge on any atom is 0.259 e. The molecule has 0 unspecified atom stereocenters. The van der Waals surface area contributed by atoms with Gasteiger partial charge in [0.15, 0.2) is 5.03 Å². The number of nitrogens with one attached hydrogen (secondary N) is 1. The van der Waals surface area contributed by atoms with Gasteiger partial charge in [-0.1, -0.05) is 0 Å². The Balaban J connectivity index is 2.15. The third-order valence-corrected chi connectivity index (χ3v) is 4.50. The van der Waals surface area contributed by atoms with Gasteiger partial charge in [-0.05, 0) is 20.8 Å². The molecule has 0 aliphatic heterocycles. The van der Waals surface area contributed by atoms with E-state index in [2.05, 4.69) is 19.7 Å². The molecule has 0 atom stereocenters. The van der Waals surface area contributed by atoms with Gasteiger partial charge in [-0.2, -0.15) is 0 Å². The molecule has 0 saturated carbocycles. The van der Waals surface area contributed by atoms with Crippen LogP contribution in [0.15, 0.2) is 23.6 Å². The van der Waals surface area contributed by atoms with Crippen LogP contribution in [0.2, 0.25) is 0 Å². The molecule has 0 bridgehead atoms. The Kier molecular flexibility index (Phi) is 5.00. The lowest BCUT2D eigenvalue weighted by molar-refractivity contribution is 0.574. The molecule has 9 heteroatoms. The number of nitrogens with zero attached hydrogens (tertiary/aromatic N) is 5. The topological polar surface area (TPSA) is 93.0 Å². The lowest BCUT2D eigenvalue weighted by Gasteiger charge is -2.13. The molecule has 126 valence electrons. The van der Waals surface area contributed by atoms with Crippen molar-refractivity contribution in [2.75, 3.05) is 19.0 Å². The van der Waals surface area contributed by atoms with Gasteiger partial charge < -0.3 is 9.47 Å². The van der Waals surface area contributed by atoms with E-state index in [1.165, 1.54) is 12.5 Å². The van der Waals surface area contributed by atoms with Gasteiger partial charge in [0.05, 0.1) is 12.9 Å². The summed E-state index contributed by atoms with van der Waals surface area (Å²) >= 11 is 0. The van der Waals surface area contributed by atoms with E-state index >= 15 is 0 Å². The van der Waals surface area contributed by atoms with Crippen molar-refractivity contribution in [3.63, 3.8) is 0 Å². The van der Waals surface area contributed by atoms with Gasteiger partial charge in [-0.25, -0.2) is 28.1 Å². The number of rotatable bonds is 6. The number of imidazole rings is 1. The molecule has 0 radical (unpaired) electrons. The highest BCUT2D eigenvalue weighted by Crippen LogP contribution is 2.12. The summed E-state index contributed by atoms with van der Waals surface area (Å²) in [5.74, 6) is 1.15. The van der Waals surface area contributed by atoms with Crippen molar-refractivity contribution >= 4 is 15.8 Å². The fraction of sp³-hybridized carbons (Fsp3) is 0.500. The summed E-state index contributed by atoms with van der Waals surface area (Å²) in [5, 5.41) is -0.00770. The van der Waals surface area contributed by atoms with Crippen molar-refractivity contribution in [2.24, 2.45) is 0 Å². The molecule has 0 saturated heterocycles. The number of aromatic nitrogens is 4. The highest BCUT2D eigenvalue weighted by atomic mass is 32.2. The maximum atomic E-state index is 12.3. The van der Waals surface area contributed by atoms with Crippen molar-refractivity contribution in [1.29, 1.82) is 0 Å². The Labute approximate surface area is 136 Å². The molecule has 2 aromatic rings. The van der Waals surface area contributed by atoms with Crippen LogP contribution in [0.1, 0.15) is 31.4 Å². The van der Waals surface area contributed by atoms with E-state index in [4.69, 9.17) is 0 Å². The summed E-state index contributed by atoms with van der Waals surface area (Å²) in [7, 11) is 0.0460. The summed E-state index contributed by atoms with van der Waals surface area (Å²) in [6, 6.07) is 1.98. The minimum Gasteiger partial charge on any atom is -0.363 e. The molecular weight excluding hydrogens is 316 g/mol. The van der Waals surface area contributed by atoms with Crippen molar-refractivity contribution in [3.05, 3.63) is 30.1 Å². The van der Waals surface area contributed by atoms with Crippen LogP contribution in [0.4, 0.5) is 5.82 Å². The first-order valence-electron chi connectivity index (χ1n) is 7.24. The van der Waals surface area contributed by atoms with E-state index in [0.717, 1.165) is 11.5 Å². The SMILES string of the molecule is Cc1cc(N(C)C)nc(CNS(=O)(=O)c2cn(C(C)C)cn2)n1. The predicted octanol–water partition coefficient (Wildman–Crippen LogP) is 1.11.